The van der Waals surface area contributed by atoms with Gasteiger partial charge in [0.25, 0.3) is 5.56 Å². The summed E-state index contributed by atoms with van der Waals surface area (Å²) in [5.74, 6) is 0.694. The normalized spacial score (nSPS) is 15.8. The lowest BCUT2D eigenvalue weighted by molar-refractivity contribution is -0.122. The summed E-state index contributed by atoms with van der Waals surface area (Å²) < 4.78 is 7.10. The van der Waals surface area contributed by atoms with Crippen molar-refractivity contribution in [1.82, 2.24) is 14.9 Å². The summed E-state index contributed by atoms with van der Waals surface area (Å²) in [5, 5.41) is 3.38. The van der Waals surface area contributed by atoms with Gasteiger partial charge in [-0.3, -0.25) is 19.1 Å². The number of aromatic nitrogens is 2. The number of ether oxygens (including phenoxy) is 1. The SMILES string of the molecule is O=C(CCn1c(=O)[nH]c(=O)c2ccccc21)N[C@@H]1COc2ccccc2C1. The predicted octanol–water partition coefficient (Wildman–Crippen LogP) is 1.20. The molecular weight excluding hydrogens is 346 g/mol. The molecule has 0 radical (unpaired) electrons. The number of aromatic amines is 1. The highest BCUT2D eigenvalue weighted by molar-refractivity contribution is 5.79. The van der Waals surface area contributed by atoms with Crippen molar-refractivity contribution in [1.29, 1.82) is 0 Å². The van der Waals surface area contributed by atoms with Gasteiger partial charge in [0.15, 0.2) is 0 Å². The van der Waals surface area contributed by atoms with Gasteiger partial charge in [0.1, 0.15) is 12.4 Å². The molecule has 7 heteroatoms. The standard InChI is InChI=1S/C20H19N3O4/c24-18(21-14-11-13-5-1-4-8-17(13)27-12-14)9-10-23-16-7-3-2-6-15(16)19(25)22-20(23)26/h1-8,14H,9-12H2,(H,21,24)(H,22,25,26)/t14-/m0/s1. The van der Waals surface area contributed by atoms with Crippen molar-refractivity contribution in [2.75, 3.05) is 6.61 Å². The smallest absolute Gasteiger partial charge is 0.328 e. The number of amides is 1. The molecule has 4 rings (SSSR count). The molecule has 0 saturated heterocycles. The maximum atomic E-state index is 12.4. The first kappa shape index (κ1) is 17.1. The molecule has 138 valence electrons. The number of aryl methyl sites for hydroxylation is 1. The number of para-hydroxylation sites is 2. The molecular formula is C20H19N3O4. The van der Waals surface area contributed by atoms with Crippen molar-refractivity contribution in [2.45, 2.75) is 25.4 Å². The second-order valence-electron chi connectivity index (χ2n) is 6.57. The number of carbonyl (C=O) groups is 1. The molecule has 2 aromatic carbocycles. The molecule has 0 spiro atoms. The third-order valence-corrected chi connectivity index (χ3v) is 4.71. The van der Waals surface area contributed by atoms with Gasteiger partial charge in [-0.1, -0.05) is 30.3 Å². The Morgan fingerprint density at radius 3 is 2.81 bits per heavy atom. The quantitative estimate of drug-likeness (QED) is 0.727. The highest BCUT2D eigenvalue weighted by Gasteiger charge is 2.21. The summed E-state index contributed by atoms with van der Waals surface area (Å²) >= 11 is 0. The fraction of sp³-hybridized carbons (Fsp3) is 0.250. The van der Waals surface area contributed by atoms with Gasteiger partial charge in [0, 0.05) is 13.0 Å². The molecule has 1 atom stereocenters. The number of rotatable bonds is 4. The summed E-state index contributed by atoms with van der Waals surface area (Å²) in [6, 6.07) is 14.5. The van der Waals surface area contributed by atoms with E-state index in [1.807, 2.05) is 24.3 Å². The van der Waals surface area contributed by atoms with E-state index in [0.29, 0.717) is 23.9 Å². The fourth-order valence-electron chi connectivity index (χ4n) is 3.40. The Morgan fingerprint density at radius 2 is 1.93 bits per heavy atom. The molecule has 0 fully saturated rings. The number of hydrogen-bond acceptors (Lipinski definition) is 4. The minimum Gasteiger partial charge on any atom is -0.491 e. The monoisotopic (exact) mass is 365 g/mol. The molecule has 27 heavy (non-hydrogen) atoms. The van der Waals surface area contributed by atoms with Gasteiger partial charge in [-0.05, 0) is 30.2 Å². The van der Waals surface area contributed by atoms with Crippen molar-refractivity contribution in [3.8, 4) is 5.75 Å². The first-order valence-corrected chi connectivity index (χ1v) is 8.84. The fourth-order valence-corrected chi connectivity index (χ4v) is 3.40. The number of hydrogen-bond donors (Lipinski definition) is 2. The number of carbonyl (C=O) groups excluding carboxylic acids is 1. The van der Waals surface area contributed by atoms with Crippen molar-refractivity contribution in [3.05, 3.63) is 74.9 Å². The van der Waals surface area contributed by atoms with Crippen LogP contribution in [-0.4, -0.2) is 28.1 Å². The molecule has 2 N–H and O–H groups in total. The van der Waals surface area contributed by atoms with Crippen LogP contribution in [-0.2, 0) is 17.8 Å². The number of benzene rings is 2. The molecule has 7 nitrogen and oxygen atoms in total. The summed E-state index contributed by atoms with van der Waals surface area (Å²) in [5.41, 5.74) is 0.654. The average molecular weight is 365 g/mol. The van der Waals surface area contributed by atoms with Crippen LogP contribution >= 0.6 is 0 Å². The van der Waals surface area contributed by atoms with Crippen molar-refractivity contribution in [2.24, 2.45) is 0 Å². The third kappa shape index (κ3) is 3.48. The number of fused-ring (bicyclic) bond motifs is 2. The van der Waals surface area contributed by atoms with E-state index in [1.165, 1.54) is 4.57 Å². The van der Waals surface area contributed by atoms with E-state index in [1.54, 1.807) is 24.3 Å². The molecule has 1 aliphatic heterocycles. The van der Waals surface area contributed by atoms with E-state index in [4.69, 9.17) is 4.74 Å². The maximum absolute atomic E-state index is 12.4. The van der Waals surface area contributed by atoms with E-state index >= 15 is 0 Å². The van der Waals surface area contributed by atoms with E-state index in [2.05, 4.69) is 10.3 Å². The van der Waals surface area contributed by atoms with Crippen LogP contribution < -0.4 is 21.3 Å². The van der Waals surface area contributed by atoms with Gasteiger partial charge >= 0.3 is 5.69 Å². The van der Waals surface area contributed by atoms with Gasteiger partial charge in [0.05, 0.1) is 16.9 Å². The van der Waals surface area contributed by atoms with Crippen LogP contribution in [0.15, 0.2) is 58.1 Å². The van der Waals surface area contributed by atoms with Gasteiger partial charge in [-0.2, -0.15) is 0 Å². The lowest BCUT2D eigenvalue weighted by Crippen LogP contribution is -2.43. The topological polar surface area (TPSA) is 93.2 Å². The zero-order valence-corrected chi connectivity index (χ0v) is 14.6. The van der Waals surface area contributed by atoms with Crippen molar-refractivity contribution in [3.63, 3.8) is 0 Å². The van der Waals surface area contributed by atoms with Crippen LogP contribution in [0.25, 0.3) is 10.9 Å². The molecule has 0 bridgehead atoms. The molecule has 1 aliphatic rings. The van der Waals surface area contributed by atoms with Gasteiger partial charge < -0.3 is 10.1 Å². The van der Waals surface area contributed by atoms with E-state index in [0.717, 1.165) is 11.3 Å². The molecule has 1 amide bonds. The molecule has 3 aromatic rings. The van der Waals surface area contributed by atoms with Crippen LogP contribution in [0.1, 0.15) is 12.0 Å². The third-order valence-electron chi connectivity index (χ3n) is 4.71. The maximum Gasteiger partial charge on any atom is 0.328 e. The van der Waals surface area contributed by atoms with Crippen molar-refractivity contribution >= 4 is 16.8 Å². The van der Waals surface area contributed by atoms with Crippen LogP contribution in [0.3, 0.4) is 0 Å². The molecule has 2 heterocycles. The minimum atomic E-state index is -0.513. The number of nitrogens with zero attached hydrogens (tertiary/aromatic N) is 1. The predicted molar refractivity (Wildman–Crippen MR) is 101 cm³/mol. The Labute approximate surface area is 154 Å². The first-order chi connectivity index (χ1) is 13.1. The summed E-state index contributed by atoms with van der Waals surface area (Å²) in [6.45, 7) is 0.608. The van der Waals surface area contributed by atoms with Crippen LogP contribution in [0, 0.1) is 0 Å². The molecule has 0 aliphatic carbocycles. The van der Waals surface area contributed by atoms with E-state index in [9.17, 15) is 14.4 Å². The lowest BCUT2D eigenvalue weighted by Gasteiger charge is -2.26. The second-order valence-corrected chi connectivity index (χ2v) is 6.57. The number of nitrogens with one attached hydrogen (secondary N) is 2. The summed E-state index contributed by atoms with van der Waals surface area (Å²) in [7, 11) is 0. The highest BCUT2D eigenvalue weighted by atomic mass is 16.5. The summed E-state index contributed by atoms with van der Waals surface area (Å²) in [6.07, 6.45) is 0.845. The van der Waals surface area contributed by atoms with Crippen LogP contribution in [0.4, 0.5) is 0 Å². The van der Waals surface area contributed by atoms with Crippen molar-refractivity contribution < 1.29 is 9.53 Å². The number of H-pyrrole nitrogens is 1. The zero-order chi connectivity index (χ0) is 18.8. The minimum absolute atomic E-state index is 0.101. The zero-order valence-electron chi connectivity index (χ0n) is 14.6. The van der Waals surface area contributed by atoms with Gasteiger partial charge in [-0.25, -0.2) is 4.79 Å². The van der Waals surface area contributed by atoms with E-state index < -0.39 is 11.2 Å². The largest absolute Gasteiger partial charge is 0.491 e. The Morgan fingerprint density at radius 1 is 1.15 bits per heavy atom. The molecule has 1 aromatic heterocycles. The first-order valence-electron chi connectivity index (χ1n) is 8.84. The Hall–Kier alpha value is -3.35. The lowest BCUT2D eigenvalue weighted by atomic mass is 10.0. The highest BCUT2D eigenvalue weighted by Crippen LogP contribution is 2.23. The molecule has 0 unspecified atom stereocenters. The van der Waals surface area contributed by atoms with Gasteiger partial charge in [-0.15, -0.1) is 0 Å². The Bertz CT molecular complexity index is 1120. The average Bonchev–Trinajstić information content (AvgIpc) is 2.68. The van der Waals surface area contributed by atoms with E-state index in [-0.39, 0.29) is 24.9 Å². The van der Waals surface area contributed by atoms with Gasteiger partial charge in [0.2, 0.25) is 5.91 Å². The molecule has 0 saturated carbocycles. The van der Waals surface area contributed by atoms with Crippen LogP contribution in [0.5, 0.6) is 5.75 Å². The van der Waals surface area contributed by atoms with Crippen LogP contribution in [0.2, 0.25) is 0 Å². The Balaban J connectivity index is 1.44. The Kier molecular flexibility index (Phi) is 4.50. The summed E-state index contributed by atoms with van der Waals surface area (Å²) in [4.78, 5) is 38.7. The second kappa shape index (κ2) is 7.11.